The Balaban J connectivity index is 2.02. The minimum absolute atomic E-state index is 0.0638. The van der Waals surface area contributed by atoms with Crippen LogP contribution in [0, 0.1) is 11.8 Å². The quantitative estimate of drug-likeness (QED) is 0.652. The molecule has 0 heterocycles. The Morgan fingerprint density at radius 2 is 1.59 bits per heavy atom. The molecule has 1 amide bonds. The highest BCUT2D eigenvalue weighted by Crippen LogP contribution is 2.07. The van der Waals surface area contributed by atoms with Crippen molar-refractivity contribution in [2.45, 2.75) is 25.8 Å². The van der Waals surface area contributed by atoms with Crippen molar-refractivity contribution < 1.29 is 14.7 Å². The number of rotatable bonds is 7. The van der Waals surface area contributed by atoms with Gasteiger partial charge in [0.25, 0.3) is 5.91 Å². The van der Waals surface area contributed by atoms with Gasteiger partial charge < -0.3 is 16.2 Å². The van der Waals surface area contributed by atoms with Gasteiger partial charge in [0.1, 0.15) is 12.6 Å². The number of aryl methyl sites for hydroxylation is 1. The number of hydrogen-bond acceptors (Lipinski definition) is 4. The molecule has 5 heteroatoms. The second-order valence-electron chi connectivity index (χ2n) is 6.16. The van der Waals surface area contributed by atoms with Crippen LogP contribution < -0.4 is 11.1 Å². The number of hydrogen-bond donors (Lipinski definition) is 3. The van der Waals surface area contributed by atoms with E-state index >= 15 is 0 Å². The highest BCUT2D eigenvalue weighted by Gasteiger charge is 2.18. The molecule has 27 heavy (non-hydrogen) atoms. The van der Waals surface area contributed by atoms with Gasteiger partial charge in [-0.1, -0.05) is 37.3 Å². The lowest BCUT2D eigenvalue weighted by molar-refractivity contribution is -0.123. The predicted octanol–water partition coefficient (Wildman–Crippen LogP) is 1.66. The fraction of sp³-hybridized carbons (Fsp3) is 0.273. The van der Waals surface area contributed by atoms with Crippen LogP contribution in [-0.2, 0) is 11.2 Å². The fourth-order valence-corrected chi connectivity index (χ4v) is 2.52. The first-order valence-corrected chi connectivity index (χ1v) is 8.93. The van der Waals surface area contributed by atoms with Crippen molar-refractivity contribution in [2.75, 3.05) is 13.2 Å². The van der Waals surface area contributed by atoms with Crippen LogP contribution in [0.1, 0.15) is 40.4 Å². The van der Waals surface area contributed by atoms with E-state index in [1.807, 2.05) is 12.1 Å². The Hall–Kier alpha value is -2.94. The molecule has 2 aromatic carbocycles. The van der Waals surface area contributed by atoms with Crippen LogP contribution in [0.2, 0.25) is 0 Å². The van der Waals surface area contributed by atoms with Gasteiger partial charge >= 0.3 is 0 Å². The fourth-order valence-electron chi connectivity index (χ4n) is 2.52. The minimum atomic E-state index is -0.891. The molecule has 0 saturated heterocycles. The van der Waals surface area contributed by atoms with E-state index in [1.54, 1.807) is 24.3 Å². The van der Waals surface area contributed by atoms with Crippen LogP contribution in [-0.4, -0.2) is 36.0 Å². The number of nitrogens with one attached hydrogen (secondary N) is 1. The van der Waals surface area contributed by atoms with Gasteiger partial charge in [-0.25, -0.2) is 0 Å². The molecule has 2 aromatic rings. The van der Waals surface area contributed by atoms with E-state index in [2.05, 4.69) is 36.2 Å². The molecule has 0 spiro atoms. The van der Waals surface area contributed by atoms with Crippen molar-refractivity contribution in [3.8, 4) is 11.8 Å². The smallest absolute Gasteiger partial charge is 0.251 e. The van der Waals surface area contributed by atoms with E-state index in [0.29, 0.717) is 5.56 Å². The van der Waals surface area contributed by atoms with E-state index < -0.39 is 24.3 Å². The van der Waals surface area contributed by atoms with Crippen molar-refractivity contribution in [3.63, 3.8) is 0 Å². The van der Waals surface area contributed by atoms with Crippen LogP contribution in [0.15, 0.2) is 48.5 Å². The highest BCUT2D eigenvalue weighted by atomic mass is 16.3. The molecule has 1 atom stereocenters. The van der Waals surface area contributed by atoms with E-state index in [0.717, 1.165) is 24.0 Å². The summed E-state index contributed by atoms with van der Waals surface area (Å²) in [6, 6.07) is 14.1. The van der Waals surface area contributed by atoms with Crippen molar-refractivity contribution >= 4 is 11.7 Å². The SMILES string of the molecule is CCCc1ccc(C#Cc2ccc(C(=O)N[C@@H](CN)C(=O)CO)cc2)cc1. The summed E-state index contributed by atoms with van der Waals surface area (Å²) in [5, 5.41) is 11.4. The van der Waals surface area contributed by atoms with Gasteiger partial charge in [0, 0.05) is 23.2 Å². The van der Waals surface area contributed by atoms with E-state index in [-0.39, 0.29) is 6.54 Å². The summed E-state index contributed by atoms with van der Waals surface area (Å²) in [6.45, 7) is 1.43. The number of benzene rings is 2. The Labute approximate surface area is 159 Å². The largest absolute Gasteiger partial charge is 0.388 e. The molecule has 5 nitrogen and oxygen atoms in total. The first kappa shape index (κ1) is 20.4. The predicted molar refractivity (Wildman–Crippen MR) is 105 cm³/mol. The summed E-state index contributed by atoms with van der Waals surface area (Å²) >= 11 is 0. The third kappa shape index (κ3) is 6.07. The zero-order valence-electron chi connectivity index (χ0n) is 15.4. The highest BCUT2D eigenvalue weighted by molar-refractivity contribution is 5.98. The van der Waals surface area contributed by atoms with Gasteiger partial charge in [0.15, 0.2) is 5.78 Å². The molecule has 0 aliphatic heterocycles. The average Bonchev–Trinajstić information content (AvgIpc) is 2.71. The average molecular weight is 364 g/mol. The zero-order chi connectivity index (χ0) is 19.6. The van der Waals surface area contributed by atoms with Crippen LogP contribution in [0.5, 0.6) is 0 Å². The molecular weight excluding hydrogens is 340 g/mol. The normalized spacial score (nSPS) is 11.2. The Morgan fingerprint density at radius 1 is 1.04 bits per heavy atom. The molecule has 0 aromatic heterocycles. The Bertz CT molecular complexity index is 831. The maximum absolute atomic E-state index is 12.2. The van der Waals surface area contributed by atoms with Crippen molar-refractivity contribution in [1.82, 2.24) is 5.32 Å². The maximum Gasteiger partial charge on any atom is 0.251 e. The molecule has 0 unspecified atom stereocenters. The lowest BCUT2D eigenvalue weighted by Gasteiger charge is -2.14. The van der Waals surface area contributed by atoms with Gasteiger partial charge in [0.2, 0.25) is 0 Å². The number of aliphatic hydroxyl groups is 1. The van der Waals surface area contributed by atoms with E-state index in [9.17, 15) is 9.59 Å². The standard InChI is InChI=1S/C22H24N2O3/c1-2-3-16-4-6-17(7-5-16)8-9-18-10-12-19(13-11-18)22(27)24-20(14-23)21(26)15-25/h4-7,10-13,20,25H,2-3,14-15,23H2,1H3,(H,24,27)/t20-/m0/s1. The number of carbonyl (C=O) groups excluding carboxylic acids is 2. The summed E-state index contributed by atoms with van der Waals surface area (Å²) in [4.78, 5) is 23.7. The monoisotopic (exact) mass is 364 g/mol. The molecule has 0 fully saturated rings. The van der Waals surface area contributed by atoms with Crippen LogP contribution >= 0.6 is 0 Å². The summed E-state index contributed by atoms with van der Waals surface area (Å²) in [7, 11) is 0. The Morgan fingerprint density at radius 3 is 2.07 bits per heavy atom. The number of aliphatic hydroxyl groups excluding tert-OH is 1. The van der Waals surface area contributed by atoms with E-state index in [4.69, 9.17) is 10.8 Å². The lowest BCUT2D eigenvalue weighted by atomic mass is 10.1. The zero-order valence-corrected chi connectivity index (χ0v) is 15.4. The number of ketones is 1. The minimum Gasteiger partial charge on any atom is -0.388 e. The Kier molecular flexibility index (Phi) is 7.75. The second-order valence-corrected chi connectivity index (χ2v) is 6.16. The summed E-state index contributed by atoms with van der Waals surface area (Å²) in [5.74, 6) is 5.24. The lowest BCUT2D eigenvalue weighted by Crippen LogP contribution is -2.46. The van der Waals surface area contributed by atoms with Gasteiger partial charge in [-0.05, 0) is 48.4 Å². The van der Waals surface area contributed by atoms with Crippen molar-refractivity contribution in [1.29, 1.82) is 0 Å². The van der Waals surface area contributed by atoms with Crippen LogP contribution in [0.25, 0.3) is 0 Å². The van der Waals surface area contributed by atoms with Crippen LogP contribution in [0.4, 0.5) is 0 Å². The molecule has 0 aliphatic carbocycles. The van der Waals surface area contributed by atoms with Crippen molar-refractivity contribution in [2.24, 2.45) is 5.73 Å². The molecule has 0 aliphatic rings. The summed E-state index contributed by atoms with van der Waals surface area (Å²) < 4.78 is 0. The number of Topliss-reactive ketones (excluding diaryl/α,β-unsaturated/α-hetero) is 1. The maximum atomic E-state index is 12.2. The van der Waals surface area contributed by atoms with Gasteiger partial charge in [-0.3, -0.25) is 9.59 Å². The number of carbonyl (C=O) groups is 2. The second kappa shape index (κ2) is 10.3. The summed E-state index contributed by atoms with van der Waals surface area (Å²) in [6.07, 6.45) is 2.18. The third-order valence-corrected chi connectivity index (χ3v) is 4.08. The molecule has 140 valence electrons. The molecule has 0 radical (unpaired) electrons. The van der Waals surface area contributed by atoms with Gasteiger partial charge in [-0.15, -0.1) is 0 Å². The third-order valence-electron chi connectivity index (χ3n) is 4.08. The molecular formula is C22H24N2O3. The molecule has 0 bridgehead atoms. The number of amides is 1. The van der Waals surface area contributed by atoms with Crippen molar-refractivity contribution in [3.05, 3.63) is 70.8 Å². The van der Waals surface area contributed by atoms with E-state index in [1.165, 1.54) is 5.56 Å². The first-order chi connectivity index (χ1) is 13.1. The number of nitrogens with two attached hydrogens (primary N) is 1. The summed E-state index contributed by atoms with van der Waals surface area (Å²) in [5.41, 5.74) is 8.87. The van der Waals surface area contributed by atoms with Crippen LogP contribution in [0.3, 0.4) is 0 Å². The first-order valence-electron chi connectivity index (χ1n) is 8.93. The molecule has 2 rings (SSSR count). The van der Waals surface area contributed by atoms with Gasteiger partial charge in [-0.2, -0.15) is 0 Å². The topological polar surface area (TPSA) is 92.4 Å². The molecule has 4 N–H and O–H groups in total. The molecule has 0 saturated carbocycles. The van der Waals surface area contributed by atoms with Gasteiger partial charge in [0.05, 0.1) is 0 Å².